The average Bonchev–Trinajstić information content (AvgIpc) is 3.32. The molecule has 0 aromatic heterocycles. The molecule has 0 saturated carbocycles. The number of imide groups is 1. The molecule has 2 fully saturated rings. The van der Waals surface area contributed by atoms with E-state index in [9.17, 15) is 18.8 Å². The lowest BCUT2D eigenvalue weighted by molar-refractivity contribution is -0.123. The maximum absolute atomic E-state index is 13.8. The number of rotatable bonds is 3. The number of Topliss-reactive ketones (excluding diaryl/α,β-unsaturated/α-hetero) is 1. The molecule has 3 aromatic carbocycles. The Morgan fingerprint density at radius 3 is 2.26 bits per heavy atom. The maximum Gasteiger partial charge on any atom is 0.240 e. The summed E-state index contributed by atoms with van der Waals surface area (Å²) in [7, 11) is 0. The van der Waals surface area contributed by atoms with Crippen molar-refractivity contribution < 1.29 is 18.8 Å². The molecule has 5 nitrogen and oxygen atoms in total. The summed E-state index contributed by atoms with van der Waals surface area (Å²) in [5, 5.41) is 0.500. The lowest BCUT2D eigenvalue weighted by atomic mass is 9.83. The number of ketones is 1. The van der Waals surface area contributed by atoms with Crippen LogP contribution in [-0.2, 0) is 9.59 Å². The van der Waals surface area contributed by atoms with Crippen LogP contribution in [0, 0.1) is 17.7 Å². The number of fused-ring (bicyclic) bond motifs is 5. The largest absolute Gasteiger partial charge is 0.358 e. The molecule has 6 rings (SSSR count). The van der Waals surface area contributed by atoms with Gasteiger partial charge in [0.2, 0.25) is 11.8 Å². The Morgan fingerprint density at radius 1 is 0.853 bits per heavy atom. The predicted octanol–water partition coefficient (Wildman–Crippen LogP) is 4.88. The number of hydrogen-bond donors (Lipinski definition) is 0. The molecule has 168 valence electrons. The van der Waals surface area contributed by atoms with Crippen LogP contribution in [0.25, 0.3) is 6.08 Å². The molecule has 7 heteroatoms. The van der Waals surface area contributed by atoms with Crippen molar-refractivity contribution in [3.8, 4) is 0 Å². The highest BCUT2D eigenvalue weighted by atomic mass is 35.5. The molecule has 0 spiro atoms. The van der Waals surface area contributed by atoms with Crippen LogP contribution in [0.15, 0.2) is 79.0 Å². The third kappa shape index (κ3) is 2.95. The van der Waals surface area contributed by atoms with Gasteiger partial charge in [0.25, 0.3) is 0 Å². The van der Waals surface area contributed by atoms with Gasteiger partial charge in [-0.2, -0.15) is 0 Å². The maximum atomic E-state index is 13.8. The number of carbonyl (C=O) groups is 3. The van der Waals surface area contributed by atoms with Crippen molar-refractivity contribution in [3.05, 3.63) is 107 Å². The summed E-state index contributed by atoms with van der Waals surface area (Å²) < 4.78 is 13.5. The summed E-state index contributed by atoms with van der Waals surface area (Å²) in [6.07, 6.45) is 3.72. The number of benzene rings is 3. The molecule has 4 atom stereocenters. The number of carbonyl (C=O) groups excluding carboxylic acids is 3. The van der Waals surface area contributed by atoms with E-state index in [1.807, 2.05) is 41.4 Å². The minimum absolute atomic E-state index is 0.250. The van der Waals surface area contributed by atoms with Gasteiger partial charge in [-0.15, -0.1) is 0 Å². The molecule has 2 saturated heterocycles. The summed E-state index contributed by atoms with van der Waals surface area (Å²) >= 11 is 6.01. The SMILES string of the molecule is O=C(c1ccc(Cl)cc1)[C@H]1[C@H]2C(=O)N(c3ccc(F)cc3)C(=O)[C@H]2C2c3ccccc3C=CN21. The highest BCUT2D eigenvalue weighted by Gasteiger charge is 2.64. The van der Waals surface area contributed by atoms with Crippen molar-refractivity contribution in [3.63, 3.8) is 0 Å². The molecule has 2 amide bonds. The molecule has 34 heavy (non-hydrogen) atoms. The van der Waals surface area contributed by atoms with E-state index in [-0.39, 0.29) is 11.7 Å². The number of hydrogen-bond acceptors (Lipinski definition) is 4. The van der Waals surface area contributed by atoms with Crippen LogP contribution < -0.4 is 4.90 Å². The normalized spacial score (nSPS) is 24.8. The highest BCUT2D eigenvalue weighted by molar-refractivity contribution is 6.30. The van der Waals surface area contributed by atoms with Crippen LogP contribution in [0.5, 0.6) is 0 Å². The lowest BCUT2D eigenvalue weighted by Gasteiger charge is -2.35. The van der Waals surface area contributed by atoms with Gasteiger partial charge < -0.3 is 4.90 Å². The number of anilines is 1. The van der Waals surface area contributed by atoms with Gasteiger partial charge in [-0.3, -0.25) is 14.4 Å². The van der Waals surface area contributed by atoms with Gasteiger partial charge in [0.1, 0.15) is 11.9 Å². The third-order valence-electron chi connectivity index (χ3n) is 6.94. The van der Waals surface area contributed by atoms with E-state index in [2.05, 4.69) is 0 Å². The monoisotopic (exact) mass is 472 g/mol. The zero-order valence-electron chi connectivity index (χ0n) is 17.8. The van der Waals surface area contributed by atoms with Gasteiger partial charge >= 0.3 is 0 Å². The van der Waals surface area contributed by atoms with E-state index in [4.69, 9.17) is 11.6 Å². The molecule has 3 heterocycles. The van der Waals surface area contributed by atoms with Crippen LogP contribution in [0.4, 0.5) is 10.1 Å². The lowest BCUT2D eigenvalue weighted by Crippen LogP contribution is -2.44. The fourth-order valence-corrected chi connectivity index (χ4v) is 5.61. The zero-order valence-corrected chi connectivity index (χ0v) is 18.5. The molecule has 0 bridgehead atoms. The number of amides is 2. The quantitative estimate of drug-likeness (QED) is 0.403. The van der Waals surface area contributed by atoms with Gasteiger partial charge in [0.15, 0.2) is 5.78 Å². The van der Waals surface area contributed by atoms with Gasteiger partial charge in [-0.25, -0.2) is 9.29 Å². The summed E-state index contributed by atoms with van der Waals surface area (Å²) in [6, 6.07) is 18.1. The second-order valence-corrected chi connectivity index (χ2v) is 9.13. The Balaban J connectivity index is 1.49. The Labute approximate surface area is 200 Å². The van der Waals surface area contributed by atoms with Crippen LogP contribution in [0.2, 0.25) is 5.02 Å². The first-order chi connectivity index (χ1) is 16.5. The van der Waals surface area contributed by atoms with Crippen molar-refractivity contribution in [1.29, 1.82) is 0 Å². The van der Waals surface area contributed by atoms with E-state index < -0.39 is 35.6 Å². The van der Waals surface area contributed by atoms with Crippen molar-refractivity contribution in [2.24, 2.45) is 11.8 Å². The third-order valence-corrected chi connectivity index (χ3v) is 7.20. The average molecular weight is 473 g/mol. The van der Waals surface area contributed by atoms with Crippen molar-refractivity contribution in [1.82, 2.24) is 4.90 Å². The first kappa shape index (κ1) is 20.8. The van der Waals surface area contributed by atoms with Crippen molar-refractivity contribution >= 4 is 41.0 Å². The molecule has 1 unspecified atom stereocenters. The van der Waals surface area contributed by atoms with E-state index in [1.165, 1.54) is 24.3 Å². The standard InChI is InChI=1S/C27H18ClFN2O3/c28-17-7-5-16(6-8-17)25(32)24-22-21(23-20-4-2-1-3-15(20)13-14-30(23)24)26(33)31(27(22)34)19-11-9-18(29)10-12-19/h1-14,21-24H/t21-,22+,23?,24-/m1/s1. The van der Waals surface area contributed by atoms with Crippen LogP contribution in [-0.4, -0.2) is 28.5 Å². The second kappa shape index (κ2) is 7.64. The predicted molar refractivity (Wildman–Crippen MR) is 125 cm³/mol. The minimum Gasteiger partial charge on any atom is -0.358 e. The fraction of sp³-hybridized carbons (Fsp3) is 0.148. The minimum atomic E-state index is -0.874. The Hall–Kier alpha value is -3.77. The topological polar surface area (TPSA) is 57.7 Å². The smallest absolute Gasteiger partial charge is 0.240 e. The Kier molecular flexibility index (Phi) is 4.67. The number of nitrogens with zero attached hydrogens (tertiary/aromatic N) is 2. The molecular formula is C27H18ClFN2O3. The Morgan fingerprint density at radius 2 is 1.53 bits per heavy atom. The molecule has 0 aliphatic carbocycles. The zero-order chi connectivity index (χ0) is 23.6. The van der Waals surface area contributed by atoms with Crippen LogP contribution in [0.1, 0.15) is 27.5 Å². The Bertz CT molecular complexity index is 1370. The van der Waals surface area contributed by atoms with Crippen molar-refractivity contribution in [2.75, 3.05) is 4.90 Å². The highest BCUT2D eigenvalue weighted by Crippen LogP contribution is 2.53. The van der Waals surface area contributed by atoms with Gasteiger partial charge in [-0.1, -0.05) is 35.9 Å². The molecule has 3 aliphatic rings. The molecular weight excluding hydrogens is 455 g/mol. The van der Waals surface area contributed by atoms with Gasteiger partial charge in [0.05, 0.1) is 23.6 Å². The molecule has 3 aliphatic heterocycles. The summed E-state index contributed by atoms with van der Waals surface area (Å²) in [6.45, 7) is 0. The van der Waals surface area contributed by atoms with Crippen LogP contribution in [0.3, 0.4) is 0 Å². The van der Waals surface area contributed by atoms with E-state index in [0.717, 1.165) is 16.0 Å². The first-order valence-electron chi connectivity index (χ1n) is 10.9. The summed E-state index contributed by atoms with van der Waals surface area (Å²) in [4.78, 5) is 44.2. The van der Waals surface area contributed by atoms with E-state index >= 15 is 0 Å². The number of halogens is 2. The summed E-state index contributed by atoms with van der Waals surface area (Å²) in [5.74, 6) is -3.16. The molecule has 3 aromatic rings. The van der Waals surface area contributed by atoms with Gasteiger partial charge in [-0.05, 0) is 65.7 Å². The summed E-state index contributed by atoms with van der Waals surface area (Å²) in [5.41, 5.74) is 2.56. The molecule has 0 N–H and O–H groups in total. The van der Waals surface area contributed by atoms with Gasteiger partial charge in [0, 0.05) is 16.8 Å². The van der Waals surface area contributed by atoms with Crippen molar-refractivity contribution in [2.45, 2.75) is 12.1 Å². The van der Waals surface area contributed by atoms with E-state index in [0.29, 0.717) is 16.3 Å². The second-order valence-electron chi connectivity index (χ2n) is 8.69. The first-order valence-corrected chi connectivity index (χ1v) is 11.3. The van der Waals surface area contributed by atoms with Crippen LogP contribution >= 0.6 is 11.6 Å². The fourth-order valence-electron chi connectivity index (χ4n) is 5.49. The van der Waals surface area contributed by atoms with E-state index in [1.54, 1.807) is 24.3 Å². The molecule has 0 radical (unpaired) electrons.